The summed E-state index contributed by atoms with van der Waals surface area (Å²) in [7, 11) is 1.43. The predicted molar refractivity (Wildman–Crippen MR) is 64.8 cm³/mol. The Labute approximate surface area is 102 Å². The molecule has 1 N–H and O–H groups in total. The minimum Gasteiger partial charge on any atom is -0.480 e. The first-order chi connectivity index (χ1) is 7.69. The third kappa shape index (κ3) is 5.94. The molecule has 0 radical (unpaired) electrons. The Morgan fingerprint density at radius 3 is 2.35 bits per heavy atom. The molecule has 0 rings (SSSR count). The van der Waals surface area contributed by atoms with Crippen LogP contribution in [0.5, 0.6) is 0 Å². The number of aliphatic carboxylic acids is 1. The number of amides is 1. The lowest BCUT2D eigenvalue weighted by Gasteiger charge is -2.29. The van der Waals surface area contributed by atoms with E-state index < -0.39 is 18.1 Å². The normalized spacial score (nSPS) is 12.7. The summed E-state index contributed by atoms with van der Waals surface area (Å²) < 4.78 is 4.80. The fourth-order valence-corrected chi connectivity index (χ4v) is 1.33. The summed E-state index contributed by atoms with van der Waals surface area (Å²) >= 11 is 0. The maximum absolute atomic E-state index is 11.5. The van der Waals surface area contributed by atoms with Gasteiger partial charge < -0.3 is 9.84 Å². The summed E-state index contributed by atoms with van der Waals surface area (Å²) in [6.07, 6.45) is 1.15. The first-order valence-corrected chi connectivity index (χ1v) is 5.42. The van der Waals surface area contributed by atoms with Crippen LogP contribution >= 0.6 is 0 Å². The summed E-state index contributed by atoms with van der Waals surface area (Å²) in [6.45, 7) is 9.26. The number of nitrogens with zero attached hydrogens (tertiary/aromatic N) is 1. The van der Waals surface area contributed by atoms with Crippen LogP contribution in [0.4, 0.5) is 4.79 Å². The van der Waals surface area contributed by atoms with Crippen molar-refractivity contribution in [1.29, 1.82) is 0 Å². The van der Waals surface area contributed by atoms with Crippen LogP contribution < -0.4 is 0 Å². The number of rotatable bonds is 5. The SMILES string of the molecule is C=CCOC(=O)N(C)C(CC(C)(C)C)C(=O)O. The second kappa shape index (κ2) is 6.27. The summed E-state index contributed by atoms with van der Waals surface area (Å²) in [5.41, 5.74) is -0.184. The Hall–Kier alpha value is -1.52. The van der Waals surface area contributed by atoms with Crippen molar-refractivity contribution < 1.29 is 19.4 Å². The zero-order valence-electron chi connectivity index (χ0n) is 10.9. The van der Waals surface area contributed by atoms with E-state index in [1.165, 1.54) is 13.1 Å². The Kier molecular flexibility index (Phi) is 5.71. The van der Waals surface area contributed by atoms with E-state index in [1.54, 1.807) is 0 Å². The van der Waals surface area contributed by atoms with Gasteiger partial charge in [0, 0.05) is 7.05 Å². The molecule has 0 saturated carbocycles. The van der Waals surface area contributed by atoms with Crippen LogP contribution in [-0.2, 0) is 9.53 Å². The second-order valence-corrected chi connectivity index (χ2v) is 5.10. The number of carboxylic acid groups (broad SMARTS) is 1. The topological polar surface area (TPSA) is 66.8 Å². The average molecular weight is 243 g/mol. The van der Waals surface area contributed by atoms with Crippen LogP contribution in [0.25, 0.3) is 0 Å². The molecule has 1 amide bonds. The van der Waals surface area contributed by atoms with Gasteiger partial charge in [-0.2, -0.15) is 0 Å². The highest BCUT2D eigenvalue weighted by Gasteiger charge is 2.31. The van der Waals surface area contributed by atoms with Crippen molar-refractivity contribution in [3.05, 3.63) is 12.7 Å². The van der Waals surface area contributed by atoms with Crippen molar-refractivity contribution >= 4 is 12.1 Å². The number of hydrogen-bond donors (Lipinski definition) is 1. The zero-order valence-corrected chi connectivity index (χ0v) is 10.9. The van der Waals surface area contributed by atoms with Crippen LogP contribution in [0.2, 0.25) is 0 Å². The van der Waals surface area contributed by atoms with Crippen molar-refractivity contribution in [2.75, 3.05) is 13.7 Å². The van der Waals surface area contributed by atoms with Crippen molar-refractivity contribution in [1.82, 2.24) is 4.90 Å². The molecule has 17 heavy (non-hydrogen) atoms. The van der Waals surface area contributed by atoms with Crippen molar-refractivity contribution in [2.45, 2.75) is 33.2 Å². The molecule has 0 fully saturated rings. The van der Waals surface area contributed by atoms with E-state index in [0.717, 1.165) is 4.90 Å². The first-order valence-electron chi connectivity index (χ1n) is 5.42. The lowest BCUT2D eigenvalue weighted by Crippen LogP contribution is -2.44. The Bertz CT molecular complexity index is 293. The minimum atomic E-state index is -1.03. The molecule has 0 aliphatic carbocycles. The molecule has 0 aromatic heterocycles. The van der Waals surface area contributed by atoms with E-state index in [4.69, 9.17) is 9.84 Å². The van der Waals surface area contributed by atoms with Crippen LogP contribution in [0.15, 0.2) is 12.7 Å². The van der Waals surface area contributed by atoms with Gasteiger partial charge in [0.1, 0.15) is 12.6 Å². The largest absolute Gasteiger partial charge is 0.480 e. The molecule has 5 nitrogen and oxygen atoms in total. The lowest BCUT2D eigenvalue weighted by atomic mass is 9.87. The lowest BCUT2D eigenvalue weighted by molar-refractivity contribution is -0.143. The van der Waals surface area contributed by atoms with Gasteiger partial charge in [0.25, 0.3) is 0 Å². The van der Waals surface area contributed by atoms with E-state index in [0.29, 0.717) is 6.42 Å². The zero-order chi connectivity index (χ0) is 13.6. The molecule has 5 heteroatoms. The molecule has 0 aromatic carbocycles. The smallest absolute Gasteiger partial charge is 0.410 e. The molecule has 0 saturated heterocycles. The molecular weight excluding hydrogens is 222 g/mol. The maximum atomic E-state index is 11.5. The molecule has 0 spiro atoms. The van der Waals surface area contributed by atoms with Gasteiger partial charge in [0.15, 0.2) is 0 Å². The first kappa shape index (κ1) is 15.5. The molecule has 0 aromatic rings. The number of carboxylic acids is 1. The second-order valence-electron chi connectivity index (χ2n) is 5.10. The van der Waals surface area contributed by atoms with Crippen LogP contribution in [0.1, 0.15) is 27.2 Å². The van der Waals surface area contributed by atoms with E-state index in [2.05, 4.69) is 6.58 Å². The fourth-order valence-electron chi connectivity index (χ4n) is 1.33. The van der Waals surface area contributed by atoms with Crippen LogP contribution in [-0.4, -0.2) is 41.8 Å². The van der Waals surface area contributed by atoms with Gasteiger partial charge >= 0.3 is 12.1 Å². The molecule has 98 valence electrons. The summed E-state index contributed by atoms with van der Waals surface area (Å²) in [5.74, 6) is -1.03. The summed E-state index contributed by atoms with van der Waals surface area (Å²) in [5, 5.41) is 9.11. The molecular formula is C12H21NO4. The maximum Gasteiger partial charge on any atom is 0.410 e. The summed E-state index contributed by atoms with van der Waals surface area (Å²) in [6, 6.07) is -0.882. The molecule has 0 aliphatic rings. The quantitative estimate of drug-likeness (QED) is 0.751. The van der Waals surface area contributed by atoms with E-state index in [1.807, 2.05) is 20.8 Å². The molecule has 1 atom stereocenters. The van der Waals surface area contributed by atoms with E-state index >= 15 is 0 Å². The Balaban J connectivity index is 4.65. The monoisotopic (exact) mass is 243 g/mol. The van der Waals surface area contributed by atoms with Crippen molar-refractivity contribution in [3.8, 4) is 0 Å². The highest BCUT2D eigenvalue weighted by molar-refractivity contribution is 5.79. The highest BCUT2D eigenvalue weighted by Crippen LogP contribution is 2.23. The standard InChI is InChI=1S/C12H21NO4/c1-6-7-17-11(16)13(5)9(10(14)15)8-12(2,3)4/h6,9H,1,7-8H2,2-5H3,(H,14,15). The average Bonchev–Trinajstić information content (AvgIpc) is 2.19. The number of likely N-dealkylation sites (N-methyl/N-ethyl adjacent to an activating group) is 1. The summed E-state index contributed by atoms with van der Waals surface area (Å²) in [4.78, 5) is 23.8. The van der Waals surface area contributed by atoms with Gasteiger partial charge in [-0.25, -0.2) is 9.59 Å². The van der Waals surface area contributed by atoms with Crippen LogP contribution in [0.3, 0.4) is 0 Å². The van der Waals surface area contributed by atoms with E-state index in [9.17, 15) is 9.59 Å². The number of carbonyl (C=O) groups excluding carboxylic acids is 1. The third-order valence-corrected chi connectivity index (χ3v) is 2.17. The molecule has 0 aliphatic heterocycles. The van der Waals surface area contributed by atoms with E-state index in [-0.39, 0.29) is 12.0 Å². The van der Waals surface area contributed by atoms with Crippen molar-refractivity contribution in [2.24, 2.45) is 5.41 Å². The van der Waals surface area contributed by atoms with Gasteiger partial charge in [-0.1, -0.05) is 33.4 Å². The van der Waals surface area contributed by atoms with Crippen LogP contribution in [0, 0.1) is 5.41 Å². The minimum absolute atomic E-state index is 0.0744. The number of hydrogen-bond acceptors (Lipinski definition) is 3. The molecule has 1 unspecified atom stereocenters. The fraction of sp³-hybridized carbons (Fsp3) is 0.667. The highest BCUT2D eigenvalue weighted by atomic mass is 16.6. The van der Waals surface area contributed by atoms with Gasteiger partial charge in [-0.05, 0) is 11.8 Å². The van der Waals surface area contributed by atoms with Gasteiger partial charge in [0.05, 0.1) is 0 Å². The van der Waals surface area contributed by atoms with Crippen molar-refractivity contribution in [3.63, 3.8) is 0 Å². The predicted octanol–water partition coefficient (Wildman–Crippen LogP) is 2.13. The Morgan fingerprint density at radius 1 is 1.47 bits per heavy atom. The number of carbonyl (C=O) groups is 2. The molecule has 0 bridgehead atoms. The van der Waals surface area contributed by atoms with Gasteiger partial charge in [-0.15, -0.1) is 0 Å². The Morgan fingerprint density at radius 2 is 2.00 bits per heavy atom. The third-order valence-electron chi connectivity index (χ3n) is 2.17. The molecule has 0 heterocycles. The number of ether oxygens (including phenoxy) is 1. The van der Waals surface area contributed by atoms with Gasteiger partial charge in [-0.3, -0.25) is 4.90 Å². The van der Waals surface area contributed by atoms with Gasteiger partial charge in [0.2, 0.25) is 0 Å².